The van der Waals surface area contributed by atoms with Gasteiger partial charge in [0.15, 0.2) is 0 Å². The van der Waals surface area contributed by atoms with Crippen LogP contribution in [-0.4, -0.2) is 51.2 Å². The monoisotopic (exact) mass is 426 g/mol. The number of ether oxygens (including phenoxy) is 1. The molecule has 1 heterocycles. The fourth-order valence-electron chi connectivity index (χ4n) is 2.67. The molecule has 1 aliphatic heterocycles. The number of carbonyl (C=O) groups is 1. The Labute approximate surface area is 167 Å². The maximum absolute atomic E-state index is 12.8. The van der Waals surface area contributed by atoms with Gasteiger partial charge in [0.2, 0.25) is 10.0 Å². The van der Waals surface area contributed by atoms with Crippen molar-refractivity contribution in [3.05, 3.63) is 53.1 Å². The van der Waals surface area contributed by atoms with Crippen molar-refractivity contribution in [3.63, 3.8) is 0 Å². The molecule has 0 bridgehead atoms. The van der Waals surface area contributed by atoms with Gasteiger partial charge in [-0.25, -0.2) is 8.42 Å². The van der Waals surface area contributed by atoms with E-state index in [2.05, 4.69) is 5.32 Å². The maximum atomic E-state index is 12.8. The van der Waals surface area contributed by atoms with Gasteiger partial charge >= 0.3 is 0 Å². The number of carbonyl (C=O) groups excluding carboxylic acids is 1. The van der Waals surface area contributed by atoms with Gasteiger partial charge in [0.1, 0.15) is 0 Å². The van der Waals surface area contributed by atoms with Crippen LogP contribution in [0.5, 0.6) is 0 Å². The van der Waals surface area contributed by atoms with E-state index < -0.39 is 15.9 Å². The number of benzene rings is 2. The third-order valence-corrected chi connectivity index (χ3v) is 7.07. The van der Waals surface area contributed by atoms with Crippen molar-refractivity contribution in [2.45, 2.75) is 9.79 Å². The number of morpholine rings is 1. The molecule has 0 atom stereocenters. The van der Waals surface area contributed by atoms with Gasteiger partial charge in [-0.15, -0.1) is 11.8 Å². The molecule has 2 aromatic carbocycles. The Bertz CT molecular complexity index is 944. The van der Waals surface area contributed by atoms with E-state index in [1.807, 2.05) is 12.3 Å². The molecular formula is C18H19ClN2O4S2. The van der Waals surface area contributed by atoms with Gasteiger partial charge in [-0.05, 0) is 42.7 Å². The van der Waals surface area contributed by atoms with E-state index in [1.165, 1.54) is 28.2 Å². The summed E-state index contributed by atoms with van der Waals surface area (Å²) in [6.07, 6.45) is 1.91. The van der Waals surface area contributed by atoms with Crippen LogP contribution in [-0.2, 0) is 14.8 Å². The third kappa shape index (κ3) is 4.64. The van der Waals surface area contributed by atoms with Crippen molar-refractivity contribution < 1.29 is 17.9 Å². The maximum Gasteiger partial charge on any atom is 0.257 e. The van der Waals surface area contributed by atoms with Crippen LogP contribution in [0.4, 0.5) is 5.69 Å². The average Bonchev–Trinajstić information content (AvgIpc) is 2.69. The van der Waals surface area contributed by atoms with Gasteiger partial charge < -0.3 is 10.1 Å². The molecule has 1 N–H and O–H groups in total. The van der Waals surface area contributed by atoms with Crippen LogP contribution in [0.3, 0.4) is 0 Å². The molecule has 27 heavy (non-hydrogen) atoms. The second-order valence-electron chi connectivity index (χ2n) is 5.84. The number of amides is 1. The Morgan fingerprint density at radius 2 is 1.93 bits per heavy atom. The smallest absolute Gasteiger partial charge is 0.257 e. The number of anilines is 1. The summed E-state index contributed by atoms with van der Waals surface area (Å²) in [5.74, 6) is -0.392. The minimum absolute atomic E-state index is 0.131. The number of thioether (sulfide) groups is 1. The summed E-state index contributed by atoms with van der Waals surface area (Å²) in [5.41, 5.74) is 0.727. The Balaban J connectivity index is 1.83. The number of nitrogens with zero attached hydrogens (tertiary/aromatic N) is 1. The number of rotatable bonds is 5. The number of nitrogens with one attached hydrogen (secondary N) is 1. The topological polar surface area (TPSA) is 75.7 Å². The highest BCUT2D eigenvalue weighted by Crippen LogP contribution is 2.25. The first-order valence-corrected chi connectivity index (χ1v) is 11.3. The number of sulfonamides is 1. The zero-order valence-corrected chi connectivity index (χ0v) is 17.0. The van der Waals surface area contributed by atoms with Gasteiger partial charge in [0.25, 0.3) is 5.91 Å². The molecule has 1 aliphatic rings. The van der Waals surface area contributed by atoms with Gasteiger partial charge in [-0.3, -0.25) is 4.79 Å². The summed E-state index contributed by atoms with van der Waals surface area (Å²) >= 11 is 7.64. The lowest BCUT2D eigenvalue weighted by Crippen LogP contribution is -2.40. The minimum atomic E-state index is -3.63. The molecule has 3 rings (SSSR count). The Morgan fingerprint density at radius 3 is 2.63 bits per heavy atom. The van der Waals surface area contributed by atoms with Crippen LogP contribution >= 0.6 is 23.4 Å². The van der Waals surface area contributed by atoms with E-state index in [-0.39, 0.29) is 4.90 Å². The standard InChI is InChI=1S/C18H19ClN2O4S2/c1-26-14-5-6-17(19)16(12-14)18(22)20-13-3-2-4-15(11-13)27(23,24)21-7-9-25-10-8-21/h2-6,11-12H,7-10H2,1H3,(H,20,22). The van der Waals surface area contributed by atoms with Crippen LogP contribution in [0.1, 0.15) is 10.4 Å². The highest BCUT2D eigenvalue weighted by atomic mass is 35.5. The molecule has 2 aromatic rings. The lowest BCUT2D eigenvalue weighted by atomic mass is 10.2. The van der Waals surface area contributed by atoms with Gasteiger partial charge in [-0.1, -0.05) is 17.7 Å². The molecule has 1 saturated heterocycles. The number of hydrogen-bond donors (Lipinski definition) is 1. The molecule has 6 nitrogen and oxygen atoms in total. The van der Waals surface area contributed by atoms with Gasteiger partial charge in [-0.2, -0.15) is 4.31 Å². The van der Waals surface area contributed by atoms with Crippen LogP contribution in [0, 0.1) is 0 Å². The molecule has 0 aromatic heterocycles. The predicted molar refractivity (Wildman–Crippen MR) is 107 cm³/mol. The highest BCUT2D eigenvalue weighted by Gasteiger charge is 2.26. The lowest BCUT2D eigenvalue weighted by Gasteiger charge is -2.26. The van der Waals surface area contributed by atoms with Crippen LogP contribution in [0.15, 0.2) is 52.3 Å². The van der Waals surface area contributed by atoms with Crippen molar-refractivity contribution in [1.29, 1.82) is 0 Å². The molecule has 0 spiro atoms. The fraction of sp³-hybridized carbons (Fsp3) is 0.278. The van der Waals surface area contributed by atoms with Crippen molar-refractivity contribution in [1.82, 2.24) is 4.31 Å². The Hall–Kier alpha value is -1.58. The summed E-state index contributed by atoms with van der Waals surface area (Å²) in [6.45, 7) is 1.38. The van der Waals surface area contributed by atoms with E-state index in [0.29, 0.717) is 42.6 Å². The first-order valence-electron chi connectivity index (χ1n) is 8.24. The summed E-state index contributed by atoms with van der Waals surface area (Å²) in [5, 5.41) is 3.06. The molecule has 1 amide bonds. The van der Waals surface area contributed by atoms with Crippen molar-refractivity contribution in [3.8, 4) is 0 Å². The van der Waals surface area contributed by atoms with E-state index in [1.54, 1.807) is 24.3 Å². The quantitative estimate of drug-likeness (QED) is 0.742. The molecule has 144 valence electrons. The Kier molecular flexibility index (Phi) is 6.44. The van der Waals surface area contributed by atoms with Gasteiger partial charge in [0.05, 0.1) is 28.7 Å². The van der Waals surface area contributed by atoms with E-state index in [4.69, 9.17) is 16.3 Å². The number of halogens is 1. The zero-order valence-electron chi connectivity index (χ0n) is 14.6. The van der Waals surface area contributed by atoms with E-state index in [9.17, 15) is 13.2 Å². The van der Waals surface area contributed by atoms with E-state index >= 15 is 0 Å². The summed E-state index contributed by atoms with van der Waals surface area (Å²) in [7, 11) is -3.63. The molecule has 0 unspecified atom stereocenters. The average molecular weight is 427 g/mol. The van der Waals surface area contributed by atoms with Crippen LogP contribution in [0.25, 0.3) is 0 Å². The van der Waals surface area contributed by atoms with Crippen LogP contribution in [0.2, 0.25) is 5.02 Å². The fourth-order valence-corrected chi connectivity index (χ4v) is 4.77. The second-order valence-corrected chi connectivity index (χ2v) is 9.07. The third-order valence-electron chi connectivity index (χ3n) is 4.12. The lowest BCUT2D eigenvalue weighted by molar-refractivity contribution is 0.0730. The SMILES string of the molecule is CSc1ccc(Cl)c(C(=O)Nc2cccc(S(=O)(=O)N3CCOCC3)c2)c1. The largest absolute Gasteiger partial charge is 0.379 e. The molecule has 1 fully saturated rings. The Morgan fingerprint density at radius 1 is 1.19 bits per heavy atom. The normalized spacial score (nSPS) is 15.5. The van der Waals surface area contributed by atoms with Crippen LogP contribution < -0.4 is 5.32 Å². The summed E-state index contributed by atoms with van der Waals surface area (Å²) < 4.78 is 32.1. The number of hydrogen-bond acceptors (Lipinski definition) is 5. The molecular weight excluding hydrogens is 408 g/mol. The molecule has 0 radical (unpaired) electrons. The molecule has 9 heteroatoms. The second kappa shape index (κ2) is 8.62. The van der Waals surface area contributed by atoms with E-state index in [0.717, 1.165) is 4.90 Å². The van der Waals surface area contributed by atoms with Gasteiger partial charge in [0, 0.05) is 23.7 Å². The van der Waals surface area contributed by atoms with Crippen molar-refractivity contribution >= 4 is 45.0 Å². The van der Waals surface area contributed by atoms with Crippen molar-refractivity contribution in [2.75, 3.05) is 37.9 Å². The molecule has 0 aliphatic carbocycles. The highest BCUT2D eigenvalue weighted by molar-refractivity contribution is 7.98. The minimum Gasteiger partial charge on any atom is -0.379 e. The zero-order chi connectivity index (χ0) is 19.4. The predicted octanol–water partition coefficient (Wildman–Crippen LogP) is 3.34. The van der Waals surface area contributed by atoms with Crippen molar-refractivity contribution in [2.24, 2.45) is 0 Å². The first-order chi connectivity index (χ1) is 12.9. The first kappa shape index (κ1) is 20.2. The summed E-state index contributed by atoms with van der Waals surface area (Å²) in [6, 6.07) is 11.4. The molecule has 0 saturated carbocycles. The summed E-state index contributed by atoms with van der Waals surface area (Å²) in [4.78, 5) is 13.6.